The normalized spacial score (nSPS) is 10.8. The average Bonchev–Trinajstić information content (AvgIpc) is 2.27. The Morgan fingerprint density at radius 1 is 1.35 bits per heavy atom. The molecule has 2 amide bonds. The van der Waals surface area contributed by atoms with Gasteiger partial charge in [-0.05, 0) is 11.6 Å². The zero-order valence-corrected chi connectivity index (χ0v) is 8.54. The number of rotatable bonds is 3. The molecule has 0 aromatic heterocycles. The first-order valence-corrected chi connectivity index (χ1v) is 4.49. The van der Waals surface area contributed by atoms with Crippen LogP contribution in [0.2, 0.25) is 0 Å². The van der Waals surface area contributed by atoms with Gasteiger partial charge in [0.1, 0.15) is 0 Å². The predicted molar refractivity (Wildman–Crippen MR) is 55.1 cm³/mol. The van der Waals surface area contributed by atoms with Gasteiger partial charge in [-0.2, -0.15) is 13.2 Å². The fourth-order valence-corrected chi connectivity index (χ4v) is 1.38. The first-order chi connectivity index (χ1) is 7.91. The minimum Gasteiger partial charge on any atom is -0.295 e. The maximum Gasteiger partial charge on any atom is 0.417 e. The van der Waals surface area contributed by atoms with Crippen molar-refractivity contribution in [3.05, 3.63) is 41.5 Å². The number of hydrogen-bond donors (Lipinski definition) is 1. The van der Waals surface area contributed by atoms with Crippen LogP contribution in [0.5, 0.6) is 0 Å². The minimum atomic E-state index is -4.69. The van der Waals surface area contributed by atoms with Crippen molar-refractivity contribution in [3.63, 3.8) is 0 Å². The second kappa shape index (κ2) is 4.82. The largest absolute Gasteiger partial charge is 0.417 e. The van der Waals surface area contributed by atoms with Gasteiger partial charge in [0.2, 0.25) is 6.41 Å². The Bertz CT molecular complexity index is 466. The first kappa shape index (κ1) is 13.0. The van der Waals surface area contributed by atoms with Crippen LogP contribution in [0.4, 0.5) is 13.2 Å². The molecule has 1 aromatic carbocycles. The van der Waals surface area contributed by atoms with Gasteiger partial charge in [-0.25, -0.2) is 0 Å². The smallest absolute Gasteiger partial charge is 0.295 e. The molecule has 0 saturated heterocycles. The molecule has 0 radical (unpaired) electrons. The molecular formula is C11H8F3NO2. The SMILES string of the molecule is C=Cc1cccc(C(=O)NC=O)c1C(F)(F)F. The number of benzene rings is 1. The van der Waals surface area contributed by atoms with Crippen LogP contribution < -0.4 is 5.32 Å². The van der Waals surface area contributed by atoms with Gasteiger partial charge in [0, 0.05) is 0 Å². The van der Waals surface area contributed by atoms with E-state index in [1.165, 1.54) is 12.1 Å². The Hall–Kier alpha value is -2.11. The molecule has 0 bridgehead atoms. The fraction of sp³-hybridized carbons (Fsp3) is 0.0909. The summed E-state index contributed by atoms with van der Waals surface area (Å²) in [5.41, 5.74) is -1.92. The Morgan fingerprint density at radius 2 is 2.00 bits per heavy atom. The highest BCUT2D eigenvalue weighted by Crippen LogP contribution is 2.35. The van der Waals surface area contributed by atoms with Gasteiger partial charge in [0.15, 0.2) is 0 Å². The number of nitrogens with one attached hydrogen (secondary N) is 1. The van der Waals surface area contributed by atoms with Gasteiger partial charge in [0.25, 0.3) is 5.91 Å². The molecule has 0 aliphatic heterocycles. The van der Waals surface area contributed by atoms with E-state index >= 15 is 0 Å². The molecule has 0 spiro atoms. The van der Waals surface area contributed by atoms with E-state index in [9.17, 15) is 22.8 Å². The van der Waals surface area contributed by atoms with Crippen molar-refractivity contribution < 1.29 is 22.8 Å². The number of carbonyl (C=O) groups excluding carboxylic acids is 2. The molecule has 0 saturated carbocycles. The predicted octanol–water partition coefficient (Wildman–Crippen LogP) is 2.23. The molecule has 0 fully saturated rings. The van der Waals surface area contributed by atoms with Crippen molar-refractivity contribution in [2.45, 2.75) is 6.18 Å². The summed E-state index contributed by atoms with van der Waals surface area (Å²) in [7, 11) is 0. The molecule has 0 heterocycles. The topological polar surface area (TPSA) is 46.2 Å². The zero-order valence-electron chi connectivity index (χ0n) is 8.54. The zero-order chi connectivity index (χ0) is 13.1. The van der Waals surface area contributed by atoms with E-state index in [4.69, 9.17) is 0 Å². The number of imide groups is 1. The van der Waals surface area contributed by atoms with Gasteiger partial charge < -0.3 is 0 Å². The van der Waals surface area contributed by atoms with Crippen LogP contribution in [-0.2, 0) is 11.0 Å². The third kappa shape index (κ3) is 2.72. The lowest BCUT2D eigenvalue weighted by Crippen LogP contribution is -2.25. The van der Waals surface area contributed by atoms with E-state index in [0.717, 1.165) is 12.1 Å². The molecule has 1 N–H and O–H groups in total. The standard InChI is InChI=1S/C11H8F3NO2/c1-2-7-4-3-5-8(10(17)15-6-16)9(7)11(12,13)14/h2-6H,1H2,(H,15,16,17). The second-order valence-electron chi connectivity index (χ2n) is 3.06. The van der Waals surface area contributed by atoms with Gasteiger partial charge in [-0.15, -0.1) is 0 Å². The van der Waals surface area contributed by atoms with Gasteiger partial charge >= 0.3 is 6.18 Å². The van der Waals surface area contributed by atoms with Crippen LogP contribution in [0, 0.1) is 0 Å². The average molecular weight is 243 g/mol. The van der Waals surface area contributed by atoms with E-state index in [1.54, 1.807) is 5.32 Å². The van der Waals surface area contributed by atoms with Crippen LogP contribution in [-0.4, -0.2) is 12.3 Å². The minimum absolute atomic E-state index is 0.0308. The van der Waals surface area contributed by atoms with Crippen LogP contribution >= 0.6 is 0 Å². The van der Waals surface area contributed by atoms with Crippen LogP contribution in [0.25, 0.3) is 6.08 Å². The highest BCUT2D eigenvalue weighted by molar-refractivity contribution is 6.01. The van der Waals surface area contributed by atoms with Gasteiger partial charge in [0.05, 0.1) is 11.1 Å². The van der Waals surface area contributed by atoms with Crippen LogP contribution in [0.1, 0.15) is 21.5 Å². The first-order valence-electron chi connectivity index (χ1n) is 4.49. The van der Waals surface area contributed by atoms with Crippen molar-refractivity contribution in [2.24, 2.45) is 0 Å². The summed E-state index contributed by atoms with van der Waals surface area (Å²) >= 11 is 0. The summed E-state index contributed by atoms with van der Waals surface area (Å²) < 4.78 is 38.3. The summed E-state index contributed by atoms with van der Waals surface area (Å²) in [6, 6.07) is 3.47. The third-order valence-electron chi connectivity index (χ3n) is 2.03. The van der Waals surface area contributed by atoms with Gasteiger partial charge in [-0.1, -0.05) is 24.8 Å². The number of alkyl halides is 3. The fourth-order valence-electron chi connectivity index (χ4n) is 1.38. The summed E-state index contributed by atoms with van der Waals surface area (Å²) in [6.45, 7) is 3.25. The quantitative estimate of drug-likeness (QED) is 0.827. The Balaban J connectivity index is 3.44. The van der Waals surface area contributed by atoms with Crippen molar-refractivity contribution in [1.82, 2.24) is 5.32 Å². The molecule has 6 heteroatoms. The number of carbonyl (C=O) groups is 2. The third-order valence-corrected chi connectivity index (χ3v) is 2.03. The Morgan fingerprint density at radius 3 is 2.47 bits per heavy atom. The molecule has 1 aromatic rings. The van der Waals surface area contributed by atoms with E-state index < -0.39 is 23.2 Å². The monoisotopic (exact) mass is 243 g/mol. The summed E-state index contributed by atoms with van der Waals surface area (Å²) in [4.78, 5) is 21.4. The second-order valence-corrected chi connectivity index (χ2v) is 3.06. The highest BCUT2D eigenvalue weighted by atomic mass is 19.4. The molecule has 90 valence electrons. The molecular weight excluding hydrogens is 235 g/mol. The van der Waals surface area contributed by atoms with Crippen molar-refractivity contribution in [1.29, 1.82) is 0 Å². The lowest BCUT2D eigenvalue weighted by Gasteiger charge is -2.14. The number of halogens is 3. The highest BCUT2D eigenvalue weighted by Gasteiger charge is 2.37. The summed E-state index contributed by atoms with van der Waals surface area (Å²) in [5.74, 6) is -1.10. The van der Waals surface area contributed by atoms with E-state index in [2.05, 4.69) is 6.58 Å². The van der Waals surface area contributed by atoms with Crippen molar-refractivity contribution >= 4 is 18.4 Å². The Kier molecular flexibility index (Phi) is 3.67. The van der Waals surface area contributed by atoms with E-state index in [1.807, 2.05) is 0 Å². The molecule has 1 rings (SSSR count). The summed E-state index contributed by atoms with van der Waals surface area (Å²) in [6.07, 6.45) is -3.66. The number of hydrogen-bond acceptors (Lipinski definition) is 2. The lowest BCUT2D eigenvalue weighted by atomic mass is 10.00. The summed E-state index contributed by atoms with van der Waals surface area (Å²) in [5, 5.41) is 1.67. The van der Waals surface area contributed by atoms with Gasteiger partial charge in [-0.3, -0.25) is 14.9 Å². The lowest BCUT2D eigenvalue weighted by molar-refractivity contribution is -0.138. The van der Waals surface area contributed by atoms with E-state index in [-0.39, 0.29) is 12.0 Å². The van der Waals surface area contributed by atoms with Crippen LogP contribution in [0.3, 0.4) is 0 Å². The molecule has 3 nitrogen and oxygen atoms in total. The molecule has 0 unspecified atom stereocenters. The molecule has 17 heavy (non-hydrogen) atoms. The van der Waals surface area contributed by atoms with Crippen molar-refractivity contribution in [3.8, 4) is 0 Å². The number of amides is 2. The Labute approximate surface area is 94.9 Å². The maximum atomic E-state index is 12.8. The molecule has 0 aliphatic rings. The maximum absolute atomic E-state index is 12.8. The van der Waals surface area contributed by atoms with Crippen LogP contribution in [0.15, 0.2) is 24.8 Å². The molecule has 0 atom stereocenters. The van der Waals surface area contributed by atoms with Crippen molar-refractivity contribution in [2.75, 3.05) is 0 Å². The van der Waals surface area contributed by atoms with E-state index in [0.29, 0.717) is 0 Å². The molecule has 0 aliphatic carbocycles.